The van der Waals surface area contributed by atoms with Gasteiger partial charge in [-0.05, 0) is 45.7 Å². The fraction of sp³-hybridized carbons (Fsp3) is 0. The monoisotopic (exact) mass is 638 g/mol. The summed E-state index contributed by atoms with van der Waals surface area (Å²) in [5.41, 5.74) is 11.3. The molecule has 0 radical (unpaired) electrons. The Balaban J connectivity index is 1.21. The Kier molecular flexibility index (Phi) is 5.63. The molecule has 0 unspecified atom stereocenters. The van der Waals surface area contributed by atoms with Crippen LogP contribution in [0, 0.1) is 0 Å². The first kappa shape index (κ1) is 27.2. The number of aromatic nitrogens is 2. The summed E-state index contributed by atoms with van der Waals surface area (Å²) in [4.78, 5) is 10.5. The van der Waals surface area contributed by atoms with E-state index in [-0.39, 0.29) is 0 Å². The Morgan fingerprint density at radius 3 is 1.62 bits per heavy atom. The number of furan rings is 2. The predicted molar refractivity (Wildman–Crippen MR) is 205 cm³/mol. The molecule has 4 nitrogen and oxygen atoms in total. The van der Waals surface area contributed by atoms with Crippen LogP contribution < -0.4 is 0 Å². The minimum atomic E-state index is 0.823. The molecule has 0 saturated heterocycles. The van der Waals surface area contributed by atoms with Crippen molar-refractivity contribution in [3.63, 3.8) is 0 Å². The van der Waals surface area contributed by atoms with E-state index in [1.807, 2.05) is 30.5 Å². The van der Waals surface area contributed by atoms with Gasteiger partial charge in [-0.3, -0.25) is 4.98 Å². The lowest BCUT2D eigenvalue weighted by Crippen LogP contribution is -1.95. The first-order valence-corrected chi connectivity index (χ1v) is 16.8. The zero-order valence-corrected chi connectivity index (χ0v) is 26.7. The van der Waals surface area contributed by atoms with Crippen LogP contribution in [-0.4, -0.2) is 9.97 Å². The van der Waals surface area contributed by atoms with Gasteiger partial charge in [0.1, 0.15) is 22.3 Å². The molecule has 3 aromatic heterocycles. The van der Waals surface area contributed by atoms with E-state index in [0.717, 1.165) is 99.2 Å². The van der Waals surface area contributed by atoms with Crippen molar-refractivity contribution in [3.8, 4) is 33.5 Å². The Labute approximate surface area is 285 Å². The molecule has 4 heteroatoms. The standard InChI is InChI=1S/C46H26N2O2/c1-5-17-31(38-26-47-44-34-20-7-3-15-29(34)30-16-4-8-21-35(30)45(44)48-38)27(13-1)28-14-2-6-19-33(28)43-42-36-22-10-12-24-40(36)49-41(42)25-37-32-18-9-11-23-39(32)50-46(37)43/h1-26H. The van der Waals surface area contributed by atoms with Crippen LogP contribution in [0.5, 0.6) is 0 Å². The second kappa shape index (κ2) is 10.4. The molecule has 0 atom stereocenters. The molecule has 3 heterocycles. The summed E-state index contributed by atoms with van der Waals surface area (Å²) in [5, 5.41) is 8.76. The molecular formula is C46H26N2O2. The molecule has 11 aromatic rings. The molecule has 50 heavy (non-hydrogen) atoms. The van der Waals surface area contributed by atoms with Gasteiger partial charge in [-0.2, -0.15) is 0 Å². The van der Waals surface area contributed by atoms with Gasteiger partial charge >= 0.3 is 0 Å². The molecule has 0 amide bonds. The third kappa shape index (κ3) is 3.81. The van der Waals surface area contributed by atoms with Crippen LogP contribution in [0.4, 0.5) is 0 Å². The maximum atomic E-state index is 6.73. The van der Waals surface area contributed by atoms with Gasteiger partial charge in [-0.25, -0.2) is 4.98 Å². The summed E-state index contributed by atoms with van der Waals surface area (Å²) >= 11 is 0. The largest absolute Gasteiger partial charge is 0.456 e. The smallest absolute Gasteiger partial charge is 0.144 e. The minimum Gasteiger partial charge on any atom is -0.456 e. The molecule has 232 valence electrons. The van der Waals surface area contributed by atoms with E-state index in [9.17, 15) is 0 Å². The predicted octanol–water partition coefficient (Wildman–Crippen LogP) is 12.7. The Hall–Kier alpha value is -6.78. The van der Waals surface area contributed by atoms with Crippen molar-refractivity contribution < 1.29 is 8.83 Å². The first-order chi connectivity index (χ1) is 24.8. The number of rotatable bonds is 3. The van der Waals surface area contributed by atoms with Crippen molar-refractivity contribution in [3.05, 3.63) is 158 Å². The van der Waals surface area contributed by atoms with Gasteiger partial charge in [-0.15, -0.1) is 0 Å². The van der Waals surface area contributed by atoms with Crippen molar-refractivity contribution in [1.82, 2.24) is 9.97 Å². The van der Waals surface area contributed by atoms with Crippen molar-refractivity contribution in [2.75, 3.05) is 0 Å². The van der Waals surface area contributed by atoms with Gasteiger partial charge in [0.25, 0.3) is 0 Å². The highest BCUT2D eigenvalue weighted by molar-refractivity contribution is 6.25. The SMILES string of the molecule is c1ccc(-c2ccccc2-c2c3oc4ccccc4c3cc3oc4ccccc4c23)c(-c2cnc3c4ccccc4c4ccccc4c3n2)c1. The number of hydrogen-bond acceptors (Lipinski definition) is 4. The lowest BCUT2D eigenvalue weighted by Gasteiger charge is -2.16. The highest BCUT2D eigenvalue weighted by Gasteiger charge is 2.24. The van der Waals surface area contributed by atoms with Gasteiger partial charge in [0, 0.05) is 43.4 Å². The van der Waals surface area contributed by atoms with E-state index < -0.39 is 0 Å². The average Bonchev–Trinajstić information content (AvgIpc) is 3.75. The summed E-state index contributed by atoms with van der Waals surface area (Å²) in [7, 11) is 0. The molecule has 0 aliphatic heterocycles. The maximum absolute atomic E-state index is 6.73. The fourth-order valence-corrected chi connectivity index (χ4v) is 7.95. The van der Waals surface area contributed by atoms with Crippen molar-refractivity contribution in [2.24, 2.45) is 0 Å². The molecular weight excluding hydrogens is 613 g/mol. The van der Waals surface area contributed by atoms with E-state index in [1.165, 1.54) is 10.8 Å². The van der Waals surface area contributed by atoms with E-state index in [0.29, 0.717) is 0 Å². The van der Waals surface area contributed by atoms with Crippen LogP contribution in [0.2, 0.25) is 0 Å². The Morgan fingerprint density at radius 1 is 0.380 bits per heavy atom. The fourth-order valence-electron chi connectivity index (χ4n) is 7.95. The Bertz CT molecular complexity index is 3130. The summed E-state index contributed by atoms with van der Waals surface area (Å²) in [6.07, 6.45) is 1.92. The minimum absolute atomic E-state index is 0.823. The third-order valence-corrected chi connectivity index (χ3v) is 10.1. The summed E-state index contributed by atoms with van der Waals surface area (Å²) < 4.78 is 13.3. The van der Waals surface area contributed by atoms with Crippen LogP contribution in [-0.2, 0) is 0 Å². The molecule has 0 fully saturated rings. The van der Waals surface area contributed by atoms with Gasteiger partial charge in [0.05, 0.1) is 22.9 Å². The maximum Gasteiger partial charge on any atom is 0.144 e. The second-order valence-electron chi connectivity index (χ2n) is 12.8. The lowest BCUT2D eigenvalue weighted by molar-refractivity contribution is 0.664. The molecule has 0 saturated carbocycles. The van der Waals surface area contributed by atoms with Crippen LogP contribution in [0.15, 0.2) is 167 Å². The molecule has 8 aromatic carbocycles. The van der Waals surface area contributed by atoms with E-state index in [2.05, 4.69) is 127 Å². The molecule has 11 rings (SSSR count). The van der Waals surface area contributed by atoms with E-state index in [1.54, 1.807) is 0 Å². The highest BCUT2D eigenvalue weighted by Crippen LogP contribution is 2.48. The molecule has 0 aliphatic rings. The van der Waals surface area contributed by atoms with Crippen LogP contribution in [0.3, 0.4) is 0 Å². The molecule has 0 N–H and O–H groups in total. The second-order valence-corrected chi connectivity index (χ2v) is 12.8. The van der Waals surface area contributed by atoms with Crippen molar-refractivity contribution in [1.29, 1.82) is 0 Å². The van der Waals surface area contributed by atoms with Crippen molar-refractivity contribution in [2.45, 2.75) is 0 Å². The first-order valence-electron chi connectivity index (χ1n) is 16.8. The van der Waals surface area contributed by atoms with Gasteiger partial charge in [0.2, 0.25) is 0 Å². The van der Waals surface area contributed by atoms with Crippen molar-refractivity contribution >= 4 is 76.5 Å². The van der Waals surface area contributed by atoms with E-state index in [4.69, 9.17) is 18.8 Å². The Morgan fingerprint density at radius 2 is 0.900 bits per heavy atom. The normalized spacial score (nSPS) is 12.0. The topological polar surface area (TPSA) is 52.1 Å². The van der Waals surface area contributed by atoms with Crippen LogP contribution in [0.25, 0.3) is 110 Å². The highest BCUT2D eigenvalue weighted by atomic mass is 16.3. The number of nitrogens with zero attached hydrogens (tertiary/aromatic N) is 2. The number of fused-ring (bicyclic) bond motifs is 12. The van der Waals surface area contributed by atoms with Gasteiger partial charge in [0.15, 0.2) is 0 Å². The molecule has 0 aliphatic carbocycles. The van der Waals surface area contributed by atoms with Gasteiger partial charge in [-0.1, -0.05) is 133 Å². The summed E-state index contributed by atoms with van der Waals surface area (Å²) in [6, 6.07) is 52.7. The van der Waals surface area contributed by atoms with Crippen LogP contribution >= 0.6 is 0 Å². The molecule has 0 bridgehead atoms. The molecule has 0 spiro atoms. The van der Waals surface area contributed by atoms with E-state index >= 15 is 0 Å². The van der Waals surface area contributed by atoms with Crippen LogP contribution in [0.1, 0.15) is 0 Å². The number of hydrogen-bond donors (Lipinski definition) is 0. The number of para-hydroxylation sites is 2. The van der Waals surface area contributed by atoms with Gasteiger partial charge < -0.3 is 8.83 Å². The number of benzene rings is 8. The zero-order chi connectivity index (χ0) is 32.8. The quantitative estimate of drug-likeness (QED) is 0.181. The zero-order valence-electron chi connectivity index (χ0n) is 26.7. The lowest BCUT2D eigenvalue weighted by atomic mass is 9.88. The third-order valence-electron chi connectivity index (χ3n) is 10.1. The summed E-state index contributed by atoms with van der Waals surface area (Å²) in [5.74, 6) is 0. The summed E-state index contributed by atoms with van der Waals surface area (Å²) in [6.45, 7) is 0. The average molecular weight is 639 g/mol.